The predicted octanol–water partition coefficient (Wildman–Crippen LogP) is 3.82. The van der Waals surface area contributed by atoms with E-state index in [0.717, 1.165) is 29.7 Å². The molecule has 1 aliphatic heterocycles. The molecule has 7 rings (SSSR count). The van der Waals surface area contributed by atoms with Crippen LogP contribution in [0.2, 0.25) is 0 Å². The number of likely N-dealkylation sites (tertiary alicyclic amines) is 1. The van der Waals surface area contributed by atoms with Crippen molar-refractivity contribution in [2.45, 2.75) is 37.5 Å². The van der Waals surface area contributed by atoms with Crippen molar-refractivity contribution >= 4 is 22.9 Å². The fourth-order valence-corrected chi connectivity index (χ4v) is 6.20. The van der Waals surface area contributed by atoms with E-state index in [1.165, 1.54) is 10.8 Å². The lowest BCUT2D eigenvalue weighted by Gasteiger charge is -2.34. The van der Waals surface area contributed by atoms with Crippen LogP contribution in [0.5, 0.6) is 0 Å². The first-order valence-corrected chi connectivity index (χ1v) is 14.4. The highest BCUT2D eigenvalue weighted by Gasteiger charge is 2.35. The number of hydrogen-bond acceptors (Lipinski definition) is 8. The van der Waals surface area contributed by atoms with Crippen LogP contribution >= 0.6 is 0 Å². The number of imidazole rings is 1. The molecule has 5 aromatic rings. The SMILES string of the molecule is C=CC(=O)N1CCC(NC2c3ccc(-n4c(-c5cccnc5N)nc5ccc(-n6ccc(C#N)n6)nc54)cc3CC2F)CC1. The molecule has 4 aromatic heterocycles. The Bertz CT molecular complexity index is 1950. The van der Waals surface area contributed by atoms with Crippen LogP contribution in [0.4, 0.5) is 10.2 Å². The van der Waals surface area contributed by atoms with Crippen molar-refractivity contribution in [1.82, 2.24) is 39.5 Å². The lowest BCUT2D eigenvalue weighted by molar-refractivity contribution is -0.127. The summed E-state index contributed by atoms with van der Waals surface area (Å²) in [4.78, 5) is 27.8. The number of nitriles is 1. The maximum atomic E-state index is 15.6. The van der Waals surface area contributed by atoms with Gasteiger partial charge in [0.05, 0.1) is 11.6 Å². The summed E-state index contributed by atoms with van der Waals surface area (Å²) in [6.07, 6.45) is 5.34. The number of nitrogens with zero attached hydrogens (tertiary/aromatic N) is 8. The van der Waals surface area contributed by atoms with Gasteiger partial charge >= 0.3 is 0 Å². The van der Waals surface area contributed by atoms with E-state index in [-0.39, 0.29) is 24.1 Å². The molecule has 1 aliphatic carbocycles. The largest absolute Gasteiger partial charge is 0.383 e. The van der Waals surface area contributed by atoms with Gasteiger partial charge in [-0.05, 0) is 72.5 Å². The summed E-state index contributed by atoms with van der Waals surface area (Å²) >= 11 is 0. The van der Waals surface area contributed by atoms with Gasteiger partial charge in [-0.15, -0.1) is 0 Å². The first-order chi connectivity index (χ1) is 21.4. The molecular formula is C32H29FN10O. The number of carbonyl (C=O) groups is 1. The first-order valence-electron chi connectivity index (χ1n) is 14.4. The van der Waals surface area contributed by atoms with Crippen LogP contribution in [0.3, 0.4) is 0 Å². The maximum Gasteiger partial charge on any atom is 0.245 e. The molecule has 5 heterocycles. The van der Waals surface area contributed by atoms with Crippen LogP contribution in [0, 0.1) is 11.3 Å². The Balaban J connectivity index is 1.26. The van der Waals surface area contributed by atoms with Gasteiger partial charge in [-0.1, -0.05) is 12.6 Å². The van der Waals surface area contributed by atoms with E-state index in [2.05, 4.69) is 22.0 Å². The summed E-state index contributed by atoms with van der Waals surface area (Å²) in [5.74, 6) is 1.33. The second-order valence-electron chi connectivity index (χ2n) is 11.0. The van der Waals surface area contributed by atoms with Gasteiger partial charge in [-0.25, -0.2) is 24.0 Å². The monoisotopic (exact) mass is 588 g/mol. The van der Waals surface area contributed by atoms with Crippen LogP contribution in [0.1, 0.15) is 35.7 Å². The minimum absolute atomic E-state index is 0.0665. The summed E-state index contributed by atoms with van der Waals surface area (Å²) < 4.78 is 19.0. The number of amides is 1. The van der Waals surface area contributed by atoms with E-state index < -0.39 is 12.2 Å². The standard InChI is InChI=1S/C32H29FN10O/c1-2-28(44)41-13-9-20(10-14-41)37-29-23-6-5-22(16-19(23)17-25(29)33)43-31(24-4-3-12-36-30(24)35)38-26-7-8-27(39-32(26)43)42-15-11-21(18-34)40-42/h2-8,11-12,15-16,20,25,29,37H,1,9-10,13-14,17H2,(H2,35,36). The Morgan fingerprint density at radius 1 is 1.16 bits per heavy atom. The molecule has 3 N–H and O–H groups in total. The molecule has 0 bridgehead atoms. The minimum atomic E-state index is -1.08. The number of alkyl halides is 1. The zero-order valence-electron chi connectivity index (χ0n) is 23.8. The first kappa shape index (κ1) is 27.4. The second kappa shape index (κ2) is 11.0. The number of hydrogen-bond donors (Lipinski definition) is 2. The smallest absolute Gasteiger partial charge is 0.245 e. The summed E-state index contributed by atoms with van der Waals surface area (Å²) in [6.45, 7) is 4.82. The summed E-state index contributed by atoms with van der Waals surface area (Å²) in [7, 11) is 0. The number of carbonyl (C=O) groups excluding carboxylic acids is 1. The van der Waals surface area contributed by atoms with Crippen LogP contribution in [0.25, 0.3) is 34.1 Å². The number of pyridine rings is 2. The van der Waals surface area contributed by atoms with E-state index in [9.17, 15) is 10.1 Å². The van der Waals surface area contributed by atoms with Crippen LogP contribution in [-0.2, 0) is 11.2 Å². The number of nitrogens with one attached hydrogen (secondary N) is 1. The van der Waals surface area contributed by atoms with Gasteiger partial charge in [0.1, 0.15) is 23.6 Å². The number of benzene rings is 1. The summed E-state index contributed by atoms with van der Waals surface area (Å²) in [5.41, 5.74) is 11.0. The Hall–Kier alpha value is -5.41. The Morgan fingerprint density at radius 3 is 2.75 bits per heavy atom. The maximum absolute atomic E-state index is 15.6. The number of fused-ring (bicyclic) bond motifs is 2. The van der Waals surface area contributed by atoms with Gasteiger partial charge in [-0.3, -0.25) is 9.36 Å². The third-order valence-corrected chi connectivity index (χ3v) is 8.40. The molecule has 1 fully saturated rings. The fourth-order valence-electron chi connectivity index (χ4n) is 6.20. The third kappa shape index (κ3) is 4.77. The quantitative estimate of drug-likeness (QED) is 0.285. The number of anilines is 1. The zero-order chi connectivity index (χ0) is 30.4. The molecule has 220 valence electrons. The number of nitrogens with two attached hydrogens (primary N) is 1. The minimum Gasteiger partial charge on any atom is -0.383 e. The molecule has 0 saturated carbocycles. The number of nitrogen functional groups attached to an aromatic ring is 1. The van der Waals surface area contributed by atoms with Crippen LogP contribution < -0.4 is 11.1 Å². The zero-order valence-corrected chi connectivity index (χ0v) is 23.8. The van der Waals surface area contributed by atoms with E-state index in [0.29, 0.717) is 47.3 Å². The van der Waals surface area contributed by atoms with Crippen LogP contribution in [0.15, 0.2) is 73.6 Å². The average molecular weight is 589 g/mol. The molecule has 0 radical (unpaired) electrons. The molecule has 12 heteroatoms. The lowest BCUT2D eigenvalue weighted by Crippen LogP contribution is -2.46. The molecule has 2 aliphatic rings. The second-order valence-corrected chi connectivity index (χ2v) is 11.0. The van der Waals surface area contributed by atoms with Gasteiger partial charge in [0.2, 0.25) is 5.91 Å². The van der Waals surface area contributed by atoms with Crippen molar-refractivity contribution in [1.29, 1.82) is 5.26 Å². The van der Waals surface area contributed by atoms with Gasteiger partial charge < -0.3 is 16.0 Å². The van der Waals surface area contributed by atoms with E-state index >= 15 is 4.39 Å². The van der Waals surface area contributed by atoms with E-state index in [1.807, 2.05) is 41.0 Å². The van der Waals surface area contributed by atoms with E-state index in [1.54, 1.807) is 35.5 Å². The van der Waals surface area contributed by atoms with Crippen molar-refractivity contribution in [3.63, 3.8) is 0 Å². The van der Waals surface area contributed by atoms with E-state index in [4.69, 9.17) is 15.7 Å². The predicted molar refractivity (Wildman–Crippen MR) is 163 cm³/mol. The van der Waals surface area contributed by atoms with Crippen LogP contribution in [-0.4, -0.2) is 65.4 Å². The molecule has 2 atom stereocenters. The Morgan fingerprint density at radius 2 is 2.00 bits per heavy atom. The molecule has 1 aromatic carbocycles. The number of piperidine rings is 1. The van der Waals surface area contributed by atoms with Gasteiger partial charge in [0.25, 0.3) is 0 Å². The Kier molecular flexibility index (Phi) is 6.87. The summed E-state index contributed by atoms with van der Waals surface area (Å²) in [5, 5.41) is 17.0. The molecule has 11 nitrogen and oxygen atoms in total. The topological polar surface area (TPSA) is 144 Å². The van der Waals surface area contributed by atoms with Crippen molar-refractivity contribution in [2.24, 2.45) is 0 Å². The van der Waals surface area contributed by atoms with Gasteiger partial charge in [0, 0.05) is 43.6 Å². The lowest BCUT2D eigenvalue weighted by atomic mass is 10.0. The fraction of sp³-hybridized carbons (Fsp3) is 0.250. The highest BCUT2D eigenvalue weighted by atomic mass is 19.1. The highest BCUT2D eigenvalue weighted by Crippen LogP contribution is 2.38. The summed E-state index contributed by atoms with van der Waals surface area (Å²) in [6, 6.07) is 16.5. The van der Waals surface area contributed by atoms with Crippen molar-refractivity contribution in [2.75, 3.05) is 18.8 Å². The molecule has 44 heavy (non-hydrogen) atoms. The average Bonchev–Trinajstić information content (AvgIpc) is 3.76. The third-order valence-electron chi connectivity index (χ3n) is 8.40. The van der Waals surface area contributed by atoms with Gasteiger partial charge in [0.15, 0.2) is 23.0 Å². The van der Waals surface area contributed by atoms with Crippen molar-refractivity contribution < 1.29 is 9.18 Å². The molecule has 1 saturated heterocycles. The number of rotatable bonds is 6. The number of aromatic nitrogens is 6. The highest BCUT2D eigenvalue weighted by molar-refractivity contribution is 5.87. The number of halogens is 1. The van der Waals surface area contributed by atoms with Gasteiger partial charge in [-0.2, -0.15) is 10.4 Å². The molecule has 1 amide bonds. The molecule has 2 unspecified atom stereocenters. The molecule has 0 spiro atoms. The van der Waals surface area contributed by atoms with Crippen molar-refractivity contribution in [3.05, 3.63) is 90.4 Å². The molecular weight excluding hydrogens is 559 g/mol. The Labute approximate surface area is 252 Å². The van der Waals surface area contributed by atoms with Crippen molar-refractivity contribution in [3.8, 4) is 29.0 Å². The normalized spacial score (nSPS) is 18.3.